The maximum atomic E-state index is 13.4. The van der Waals surface area contributed by atoms with E-state index >= 15 is 0 Å². The van der Waals surface area contributed by atoms with Crippen molar-refractivity contribution in [3.8, 4) is 0 Å². The lowest BCUT2D eigenvalue weighted by atomic mass is 9.96. The van der Waals surface area contributed by atoms with Crippen molar-refractivity contribution in [2.24, 2.45) is 5.92 Å². The number of Topliss-reactive ketones (excluding diaryl/α,β-unsaturated/α-hetero) is 2. The number of carbonyl (C=O) groups is 2. The largest absolute Gasteiger partial charge is 0.299 e. The maximum absolute atomic E-state index is 13.4. The molecule has 0 saturated heterocycles. The molecule has 3 heteroatoms. The van der Waals surface area contributed by atoms with Gasteiger partial charge in [0.25, 0.3) is 0 Å². The third kappa shape index (κ3) is 1.66. The van der Waals surface area contributed by atoms with Crippen molar-refractivity contribution in [3.05, 3.63) is 35.1 Å². The molecule has 0 radical (unpaired) electrons. The topological polar surface area (TPSA) is 34.1 Å². The normalized spacial score (nSPS) is 18.6. The number of carbonyl (C=O) groups excluding carboxylic acids is 2. The fraction of sp³-hybridized carbons (Fsp3) is 0.385. The summed E-state index contributed by atoms with van der Waals surface area (Å²) in [5, 5.41) is 0. The van der Waals surface area contributed by atoms with Crippen molar-refractivity contribution in [3.63, 3.8) is 0 Å². The van der Waals surface area contributed by atoms with Gasteiger partial charge in [0.15, 0.2) is 5.78 Å². The Morgan fingerprint density at radius 3 is 2.88 bits per heavy atom. The van der Waals surface area contributed by atoms with Crippen LogP contribution in [-0.4, -0.2) is 11.6 Å². The molecule has 0 spiro atoms. The Hall–Kier alpha value is -1.51. The van der Waals surface area contributed by atoms with Gasteiger partial charge in [0.2, 0.25) is 0 Å². The van der Waals surface area contributed by atoms with Crippen LogP contribution in [0.5, 0.6) is 0 Å². The molecule has 16 heavy (non-hydrogen) atoms. The molecule has 2 rings (SSSR count). The van der Waals surface area contributed by atoms with Gasteiger partial charge >= 0.3 is 0 Å². The number of rotatable bonds is 3. The van der Waals surface area contributed by atoms with Gasteiger partial charge in [-0.25, -0.2) is 4.39 Å². The smallest absolute Gasteiger partial charge is 0.174 e. The predicted molar refractivity (Wildman–Crippen MR) is 57.8 cm³/mol. The van der Waals surface area contributed by atoms with E-state index in [1.54, 1.807) is 6.07 Å². The van der Waals surface area contributed by atoms with Gasteiger partial charge in [0.05, 0.1) is 5.92 Å². The molecule has 1 aromatic rings. The Labute approximate surface area is 93.5 Å². The molecule has 2 nitrogen and oxygen atoms in total. The molecule has 1 atom stereocenters. The average Bonchev–Trinajstić information content (AvgIpc) is 2.59. The summed E-state index contributed by atoms with van der Waals surface area (Å²) in [6, 6.07) is 4.44. The van der Waals surface area contributed by atoms with E-state index in [-0.39, 0.29) is 23.8 Å². The first-order valence-corrected chi connectivity index (χ1v) is 5.49. The Kier molecular flexibility index (Phi) is 2.86. The zero-order chi connectivity index (χ0) is 11.7. The first-order chi connectivity index (χ1) is 7.65. The van der Waals surface area contributed by atoms with E-state index < -0.39 is 5.92 Å². The Balaban J connectivity index is 2.31. The first kappa shape index (κ1) is 11.0. The molecule has 0 aliphatic heterocycles. The van der Waals surface area contributed by atoms with Crippen molar-refractivity contribution in [1.82, 2.24) is 0 Å². The van der Waals surface area contributed by atoms with E-state index in [1.807, 2.05) is 6.92 Å². The average molecular weight is 220 g/mol. The van der Waals surface area contributed by atoms with E-state index in [4.69, 9.17) is 0 Å². The van der Waals surface area contributed by atoms with Crippen molar-refractivity contribution in [2.75, 3.05) is 0 Å². The summed E-state index contributed by atoms with van der Waals surface area (Å²) in [5.74, 6) is -1.31. The zero-order valence-electron chi connectivity index (χ0n) is 9.13. The quantitative estimate of drug-likeness (QED) is 0.733. The van der Waals surface area contributed by atoms with Crippen molar-refractivity contribution in [1.29, 1.82) is 0 Å². The number of hydrogen-bond acceptors (Lipinski definition) is 2. The Bertz CT molecular complexity index is 451. The second-order valence-electron chi connectivity index (χ2n) is 4.10. The summed E-state index contributed by atoms with van der Waals surface area (Å²) < 4.78 is 13.4. The number of halogens is 1. The third-order valence-corrected chi connectivity index (χ3v) is 2.99. The lowest BCUT2D eigenvalue weighted by molar-refractivity contribution is -0.121. The molecule has 1 aliphatic rings. The maximum Gasteiger partial charge on any atom is 0.174 e. The van der Waals surface area contributed by atoms with E-state index in [1.165, 1.54) is 12.1 Å². The summed E-state index contributed by atoms with van der Waals surface area (Å²) in [7, 11) is 0. The molecule has 0 aromatic heterocycles. The molecular formula is C13H13FO2. The van der Waals surface area contributed by atoms with Gasteiger partial charge in [-0.05, 0) is 24.5 Å². The van der Waals surface area contributed by atoms with Crippen LogP contribution in [0.2, 0.25) is 0 Å². The van der Waals surface area contributed by atoms with Gasteiger partial charge in [0, 0.05) is 12.0 Å². The standard InChI is InChI=1S/C13H13FO2/c1-2-4-12(15)10-7-9-8(13(10)16)5-3-6-11(9)14/h3,5-6,10H,2,4,7H2,1H3. The zero-order valence-corrected chi connectivity index (χ0v) is 9.13. The fourth-order valence-corrected chi connectivity index (χ4v) is 2.16. The van der Waals surface area contributed by atoms with Crippen LogP contribution >= 0.6 is 0 Å². The molecule has 0 bridgehead atoms. The van der Waals surface area contributed by atoms with Gasteiger partial charge in [0.1, 0.15) is 11.6 Å². The van der Waals surface area contributed by atoms with Crippen LogP contribution in [0.1, 0.15) is 35.7 Å². The Morgan fingerprint density at radius 1 is 1.50 bits per heavy atom. The lowest BCUT2D eigenvalue weighted by Gasteiger charge is -2.04. The van der Waals surface area contributed by atoms with Crippen LogP contribution in [0.25, 0.3) is 0 Å². The minimum absolute atomic E-state index is 0.0666. The Morgan fingerprint density at radius 2 is 2.25 bits per heavy atom. The molecule has 1 aromatic carbocycles. The van der Waals surface area contributed by atoms with Crippen LogP contribution in [-0.2, 0) is 11.2 Å². The van der Waals surface area contributed by atoms with E-state index in [0.29, 0.717) is 17.5 Å². The first-order valence-electron chi connectivity index (χ1n) is 5.49. The number of ketones is 2. The van der Waals surface area contributed by atoms with E-state index in [0.717, 1.165) is 6.42 Å². The summed E-state index contributed by atoms with van der Waals surface area (Å²) in [4.78, 5) is 23.6. The summed E-state index contributed by atoms with van der Waals surface area (Å²) in [5.41, 5.74) is 0.788. The third-order valence-electron chi connectivity index (χ3n) is 2.99. The molecular weight excluding hydrogens is 207 g/mol. The van der Waals surface area contributed by atoms with Crippen LogP contribution in [0.15, 0.2) is 18.2 Å². The minimum Gasteiger partial charge on any atom is -0.299 e. The van der Waals surface area contributed by atoms with Gasteiger partial charge < -0.3 is 0 Å². The summed E-state index contributed by atoms with van der Waals surface area (Å²) in [6.07, 6.45) is 1.35. The van der Waals surface area contributed by atoms with Gasteiger partial charge in [-0.1, -0.05) is 19.1 Å². The predicted octanol–water partition coefficient (Wildman–Crippen LogP) is 2.55. The highest BCUT2D eigenvalue weighted by molar-refractivity contribution is 6.14. The fourth-order valence-electron chi connectivity index (χ4n) is 2.16. The van der Waals surface area contributed by atoms with Crippen molar-refractivity contribution < 1.29 is 14.0 Å². The molecule has 0 amide bonds. The number of benzene rings is 1. The molecule has 0 saturated carbocycles. The monoisotopic (exact) mass is 220 g/mol. The van der Waals surface area contributed by atoms with Crippen molar-refractivity contribution >= 4 is 11.6 Å². The molecule has 1 unspecified atom stereocenters. The van der Waals surface area contributed by atoms with Gasteiger partial charge in [-0.3, -0.25) is 9.59 Å². The van der Waals surface area contributed by atoms with Gasteiger partial charge in [-0.15, -0.1) is 0 Å². The number of hydrogen-bond donors (Lipinski definition) is 0. The minimum atomic E-state index is -0.646. The molecule has 84 valence electrons. The van der Waals surface area contributed by atoms with Crippen LogP contribution in [0.3, 0.4) is 0 Å². The highest BCUT2D eigenvalue weighted by Gasteiger charge is 2.36. The summed E-state index contributed by atoms with van der Waals surface area (Å²) >= 11 is 0. The molecule has 1 aliphatic carbocycles. The molecule has 0 heterocycles. The second kappa shape index (κ2) is 4.16. The molecule has 0 N–H and O–H groups in total. The molecule has 0 fully saturated rings. The second-order valence-corrected chi connectivity index (χ2v) is 4.10. The van der Waals surface area contributed by atoms with Crippen LogP contribution in [0.4, 0.5) is 4.39 Å². The lowest BCUT2D eigenvalue weighted by Crippen LogP contribution is -2.20. The van der Waals surface area contributed by atoms with E-state index in [2.05, 4.69) is 0 Å². The number of fused-ring (bicyclic) bond motifs is 1. The SMILES string of the molecule is CCCC(=O)C1Cc2c(F)cccc2C1=O. The highest BCUT2D eigenvalue weighted by atomic mass is 19.1. The van der Waals surface area contributed by atoms with Crippen molar-refractivity contribution in [2.45, 2.75) is 26.2 Å². The summed E-state index contributed by atoms with van der Waals surface area (Å²) in [6.45, 7) is 1.89. The van der Waals surface area contributed by atoms with Crippen LogP contribution in [0, 0.1) is 11.7 Å². The van der Waals surface area contributed by atoms with Gasteiger partial charge in [-0.2, -0.15) is 0 Å². The highest BCUT2D eigenvalue weighted by Crippen LogP contribution is 2.30. The van der Waals surface area contributed by atoms with Crippen LogP contribution < -0.4 is 0 Å². The van der Waals surface area contributed by atoms with E-state index in [9.17, 15) is 14.0 Å².